The van der Waals surface area contributed by atoms with Gasteiger partial charge in [-0.15, -0.1) is 5.10 Å². The van der Waals surface area contributed by atoms with Crippen LogP contribution in [-0.2, 0) is 0 Å². The van der Waals surface area contributed by atoms with Crippen LogP contribution in [-0.4, -0.2) is 21.1 Å². The number of aryl methyl sites for hydroxylation is 1. The molecule has 17 heavy (non-hydrogen) atoms. The fourth-order valence-electron chi connectivity index (χ4n) is 1.81. The molecule has 2 rings (SSSR count). The molecule has 0 atom stereocenters. The number of nitrogens with zero attached hydrogens (tertiary/aromatic N) is 3. The Bertz CT molecular complexity index is 475. The van der Waals surface area contributed by atoms with Gasteiger partial charge >= 0.3 is 0 Å². The van der Waals surface area contributed by atoms with Gasteiger partial charge in [0, 0.05) is 12.7 Å². The van der Waals surface area contributed by atoms with E-state index in [0.29, 0.717) is 0 Å². The van der Waals surface area contributed by atoms with Crippen molar-refractivity contribution in [2.24, 2.45) is 0 Å². The van der Waals surface area contributed by atoms with E-state index in [-0.39, 0.29) is 0 Å². The average Bonchev–Trinajstić information content (AvgIpc) is 2.70. The summed E-state index contributed by atoms with van der Waals surface area (Å²) in [6.45, 7) is 5.23. The van der Waals surface area contributed by atoms with Crippen LogP contribution < -0.4 is 5.32 Å². The van der Waals surface area contributed by atoms with E-state index in [9.17, 15) is 0 Å². The highest BCUT2D eigenvalue weighted by Gasteiger charge is 2.01. The fourth-order valence-corrected chi connectivity index (χ4v) is 1.81. The Hall–Kier alpha value is -1.58. The lowest BCUT2D eigenvalue weighted by molar-refractivity contribution is 0.683. The largest absolute Gasteiger partial charge is 0.353 e. The lowest BCUT2D eigenvalue weighted by Gasteiger charge is -2.00. The van der Waals surface area contributed by atoms with Crippen molar-refractivity contribution >= 4 is 11.6 Å². The molecular formula is C13H20N4. The van der Waals surface area contributed by atoms with Crippen molar-refractivity contribution in [1.29, 1.82) is 0 Å². The summed E-state index contributed by atoms with van der Waals surface area (Å²) in [5.74, 6) is 0.729. The monoisotopic (exact) mass is 232 g/mol. The Balaban J connectivity index is 1.91. The summed E-state index contributed by atoms with van der Waals surface area (Å²) in [6.07, 6.45) is 7.02. The van der Waals surface area contributed by atoms with Gasteiger partial charge in [0.15, 0.2) is 5.65 Å². The molecule has 1 N–H and O–H groups in total. The van der Waals surface area contributed by atoms with Gasteiger partial charge in [-0.3, -0.25) is 0 Å². The van der Waals surface area contributed by atoms with E-state index < -0.39 is 0 Å². The van der Waals surface area contributed by atoms with Gasteiger partial charge in [-0.25, -0.2) is 4.52 Å². The smallest absolute Gasteiger partial charge is 0.243 e. The Labute approximate surface area is 102 Å². The molecule has 0 bridgehead atoms. The Morgan fingerprint density at radius 3 is 2.94 bits per heavy atom. The van der Waals surface area contributed by atoms with E-state index in [1.807, 2.05) is 16.8 Å². The first-order valence-electron chi connectivity index (χ1n) is 6.36. The molecule has 0 aromatic carbocycles. The number of hydrogen-bond acceptors (Lipinski definition) is 3. The molecule has 0 saturated heterocycles. The highest BCUT2D eigenvalue weighted by molar-refractivity contribution is 5.43. The number of pyridine rings is 1. The molecule has 0 aliphatic rings. The minimum Gasteiger partial charge on any atom is -0.353 e. The van der Waals surface area contributed by atoms with Crippen LogP contribution >= 0.6 is 0 Å². The van der Waals surface area contributed by atoms with Crippen LogP contribution in [0.1, 0.15) is 38.2 Å². The van der Waals surface area contributed by atoms with Crippen molar-refractivity contribution in [3.05, 3.63) is 23.9 Å². The van der Waals surface area contributed by atoms with Crippen molar-refractivity contribution in [2.45, 2.75) is 39.5 Å². The summed E-state index contributed by atoms with van der Waals surface area (Å²) < 4.78 is 1.82. The third kappa shape index (κ3) is 3.19. The zero-order chi connectivity index (χ0) is 12.1. The van der Waals surface area contributed by atoms with Crippen molar-refractivity contribution in [3.8, 4) is 0 Å². The normalized spacial score (nSPS) is 10.9. The van der Waals surface area contributed by atoms with Crippen LogP contribution in [0.2, 0.25) is 0 Å². The first-order chi connectivity index (χ1) is 8.29. The molecular weight excluding hydrogens is 212 g/mol. The SMILES string of the molecule is CCCCCCNc1nc2ccc(C)cn2n1. The molecule has 4 nitrogen and oxygen atoms in total. The minimum absolute atomic E-state index is 0.729. The van der Waals surface area contributed by atoms with Gasteiger partial charge in [0.2, 0.25) is 5.95 Å². The van der Waals surface area contributed by atoms with Gasteiger partial charge in [-0.05, 0) is 25.0 Å². The molecule has 92 valence electrons. The Morgan fingerprint density at radius 2 is 2.12 bits per heavy atom. The quantitative estimate of drug-likeness (QED) is 0.778. The number of anilines is 1. The molecule has 4 heteroatoms. The molecule has 2 aromatic heterocycles. The summed E-state index contributed by atoms with van der Waals surface area (Å²) in [5, 5.41) is 7.66. The van der Waals surface area contributed by atoms with E-state index in [4.69, 9.17) is 0 Å². The van der Waals surface area contributed by atoms with E-state index in [0.717, 1.165) is 18.1 Å². The second-order valence-corrected chi connectivity index (χ2v) is 4.43. The van der Waals surface area contributed by atoms with Crippen molar-refractivity contribution in [2.75, 3.05) is 11.9 Å². The lowest BCUT2D eigenvalue weighted by Crippen LogP contribution is -2.03. The molecule has 0 spiro atoms. The summed E-state index contributed by atoms with van der Waals surface area (Å²) in [6, 6.07) is 4.04. The van der Waals surface area contributed by atoms with Crippen LogP contribution in [0.5, 0.6) is 0 Å². The number of nitrogens with one attached hydrogen (secondary N) is 1. The fraction of sp³-hybridized carbons (Fsp3) is 0.538. The first-order valence-corrected chi connectivity index (χ1v) is 6.36. The standard InChI is InChI=1S/C13H20N4/c1-3-4-5-6-9-14-13-15-12-8-7-11(2)10-17(12)16-13/h7-8,10H,3-6,9H2,1-2H3,(H,14,16). The Kier molecular flexibility index (Phi) is 3.96. The molecule has 2 heterocycles. The zero-order valence-electron chi connectivity index (χ0n) is 10.6. The molecule has 0 saturated carbocycles. The van der Waals surface area contributed by atoms with Crippen LogP contribution in [0.15, 0.2) is 18.3 Å². The second-order valence-electron chi connectivity index (χ2n) is 4.43. The van der Waals surface area contributed by atoms with Crippen LogP contribution in [0.25, 0.3) is 5.65 Å². The van der Waals surface area contributed by atoms with Crippen LogP contribution in [0, 0.1) is 6.92 Å². The van der Waals surface area contributed by atoms with Crippen LogP contribution in [0.4, 0.5) is 5.95 Å². The number of unbranched alkanes of at least 4 members (excludes halogenated alkanes) is 3. The predicted molar refractivity (Wildman–Crippen MR) is 70.4 cm³/mol. The summed E-state index contributed by atoms with van der Waals surface area (Å²) in [4.78, 5) is 4.41. The molecule has 0 aliphatic carbocycles. The third-order valence-corrected chi connectivity index (χ3v) is 2.79. The molecule has 2 aromatic rings. The van der Waals surface area contributed by atoms with Gasteiger partial charge in [-0.2, -0.15) is 4.98 Å². The third-order valence-electron chi connectivity index (χ3n) is 2.79. The minimum atomic E-state index is 0.729. The maximum atomic E-state index is 4.41. The number of rotatable bonds is 6. The van der Waals surface area contributed by atoms with E-state index in [2.05, 4.69) is 35.3 Å². The number of aromatic nitrogens is 3. The summed E-state index contributed by atoms with van der Waals surface area (Å²) in [7, 11) is 0. The number of fused-ring (bicyclic) bond motifs is 1. The van der Waals surface area contributed by atoms with E-state index in [1.54, 1.807) is 0 Å². The second kappa shape index (κ2) is 5.66. The maximum absolute atomic E-state index is 4.41. The topological polar surface area (TPSA) is 42.2 Å². The highest BCUT2D eigenvalue weighted by Crippen LogP contribution is 2.07. The van der Waals surface area contributed by atoms with Crippen molar-refractivity contribution < 1.29 is 0 Å². The average molecular weight is 232 g/mol. The van der Waals surface area contributed by atoms with Gasteiger partial charge in [0.25, 0.3) is 0 Å². The Morgan fingerprint density at radius 1 is 1.24 bits per heavy atom. The zero-order valence-corrected chi connectivity index (χ0v) is 10.6. The summed E-state index contributed by atoms with van der Waals surface area (Å²) >= 11 is 0. The summed E-state index contributed by atoms with van der Waals surface area (Å²) in [5.41, 5.74) is 2.09. The van der Waals surface area contributed by atoms with Gasteiger partial charge in [0.1, 0.15) is 0 Å². The molecule has 0 amide bonds. The molecule has 0 radical (unpaired) electrons. The highest BCUT2D eigenvalue weighted by atomic mass is 15.3. The predicted octanol–water partition coefficient (Wildman–Crippen LogP) is 3.03. The lowest BCUT2D eigenvalue weighted by atomic mass is 10.2. The van der Waals surface area contributed by atoms with Gasteiger partial charge in [0.05, 0.1) is 0 Å². The van der Waals surface area contributed by atoms with E-state index in [1.165, 1.54) is 31.2 Å². The van der Waals surface area contributed by atoms with E-state index >= 15 is 0 Å². The van der Waals surface area contributed by atoms with Crippen molar-refractivity contribution in [3.63, 3.8) is 0 Å². The maximum Gasteiger partial charge on any atom is 0.243 e. The first kappa shape index (κ1) is 11.9. The van der Waals surface area contributed by atoms with Crippen LogP contribution in [0.3, 0.4) is 0 Å². The molecule has 0 aliphatic heterocycles. The molecule has 0 fully saturated rings. The van der Waals surface area contributed by atoms with Crippen molar-refractivity contribution in [1.82, 2.24) is 14.6 Å². The van der Waals surface area contributed by atoms with Gasteiger partial charge < -0.3 is 5.32 Å². The molecule has 0 unspecified atom stereocenters. The van der Waals surface area contributed by atoms with Gasteiger partial charge in [-0.1, -0.05) is 32.3 Å². The number of hydrogen-bond donors (Lipinski definition) is 1.